The minimum absolute atomic E-state index is 0.0954. The summed E-state index contributed by atoms with van der Waals surface area (Å²) in [4.78, 5) is 3.99. The van der Waals surface area contributed by atoms with Gasteiger partial charge in [-0.05, 0) is 26.0 Å². The molecule has 0 saturated heterocycles. The Balaban J connectivity index is 3.30. The summed E-state index contributed by atoms with van der Waals surface area (Å²) in [5.74, 6) is 5.43. The van der Waals surface area contributed by atoms with Crippen molar-refractivity contribution in [1.29, 1.82) is 0 Å². The van der Waals surface area contributed by atoms with Crippen LogP contribution in [-0.2, 0) is 10.0 Å². The van der Waals surface area contributed by atoms with Crippen LogP contribution in [0, 0.1) is 0 Å². The lowest BCUT2D eigenvalue weighted by molar-refractivity contribution is 0.369. The summed E-state index contributed by atoms with van der Waals surface area (Å²) in [6.45, 7) is 5.85. The van der Waals surface area contributed by atoms with Gasteiger partial charge in [0.05, 0.1) is 0 Å². The van der Waals surface area contributed by atoms with E-state index in [9.17, 15) is 8.42 Å². The summed E-state index contributed by atoms with van der Waals surface area (Å²) < 4.78 is 26.1. The zero-order chi connectivity index (χ0) is 13.1. The quantitative estimate of drug-likeness (QED) is 0.602. The van der Waals surface area contributed by atoms with E-state index in [4.69, 9.17) is 5.84 Å². The molecule has 0 aliphatic carbocycles. The molecule has 0 amide bonds. The Kier molecular flexibility index (Phi) is 4.44. The molecule has 0 bridgehead atoms. The molecule has 0 spiro atoms. The molecule has 0 saturated carbocycles. The Labute approximate surface area is 102 Å². The van der Waals surface area contributed by atoms with Gasteiger partial charge >= 0.3 is 0 Å². The number of rotatable bonds is 5. The van der Waals surface area contributed by atoms with Gasteiger partial charge in [0, 0.05) is 18.8 Å². The Morgan fingerprint density at radius 2 is 2.18 bits per heavy atom. The second kappa shape index (κ2) is 5.44. The lowest BCUT2D eigenvalue weighted by Gasteiger charge is -2.24. The average molecular weight is 258 g/mol. The van der Waals surface area contributed by atoms with E-state index in [1.165, 1.54) is 16.6 Å². The van der Waals surface area contributed by atoms with Crippen molar-refractivity contribution in [3.8, 4) is 0 Å². The molecule has 1 aromatic heterocycles. The number of nitrogens with zero attached hydrogens (tertiary/aromatic N) is 2. The van der Waals surface area contributed by atoms with Crippen LogP contribution >= 0.6 is 0 Å². The first-order valence-electron chi connectivity index (χ1n) is 5.38. The van der Waals surface area contributed by atoms with Gasteiger partial charge < -0.3 is 5.43 Å². The van der Waals surface area contributed by atoms with Crippen LogP contribution < -0.4 is 11.3 Å². The molecule has 0 unspecified atom stereocenters. The van der Waals surface area contributed by atoms with Crippen LogP contribution in [0.4, 0.5) is 5.82 Å². The number of sulfonamides is 1. The molecule has 7 heteroatoms. The third kappa shape index (κ3) is 2.74. The van der Waals surface area contributed by atoms with Crippen molar-refractivity contribution in [2.45, 2.75) is 31.7 Å². The molecule has 0 atom stereocenters. The Morgan fingerprint density at radius 3 is 2.65 bits per heavy atom. The Hall–Kier alpha value is -1.18. The van der Waals surface area contributed by atoms with Crippen molar-refractivity contribution in [3.63, 3.8) is 0 Å². The fourth-order valence-corrected chi connectivity index (χ4v) is 3.40. The number of aromatic nitrogens is 1. The van der Waals surface area contributed by atoms with Gasteiger partial charge in [-0.25, -0.2) is 19.2 Å². The van der Waals surface area contributed by atoms with Crippen molar-refractivity contribution in [2.75, 3.05) is 12.0 Å². The lowest BCUT2D eigenvalue weighted by Crippen LogP contribution is -2.37. The van der Waals surface area contributed by atoms with Crippen LogP contribution in [-0.4, -0.2) is 30.3 Å². The third-order valence-electron chi connectivity index (χ3n) is 2.38. The summed E-state index contributed by atoms with van der Waals surface area (Å²) in [6, 6.07) is 2.95. The molecular weight excluding hydrogens is 240 g/mol. The van der Waals surface area contributed by atoms with Crippen LogP contribution in [0.25, 0.3) is 0 Å². The van der Waals surface area contributed by atoms with Crippen molar-refractivity contribution < 1.29 is 8.42 Å². The number of hydrogen-bond donors (Lipinski definition) is 2. The monoisotopic (exact) mass is 258 g/mol. The molecular formula is C10H18N4O2S. The molecule has 0 radical (unpaired) electrons. The number of nitrogens with two attached hydrogens (primary N) is 1. The zero-order valence-electron chi connectivity index (χ0n) is 10.2. The smallest absolute Gasteiger partial charge is 0.247 e. The predicted octanol–water partition coefficient (Wildman–Crippen LogP) is 0.786. The highest BCUT2D eigenvalue weighted by Crippen LogP contribution is 2.22. The largest absolute Gasteiger partial charge is 0.307 e. The van der Waals surface area contributed by atoms with E-state index in [2.05, 4.69) is 10.4 Å². The summed E-state index contributed by atoms with van der Waals surface area (Å²) in [6.07, 6.45) is 1.49. The number of anilines is 1. The number of hydrazine groups is 1. The molecule has 6 nitrogen and oxygen atoms in total. The number of hydrogen-bond acceptors (Lipinski definition) is 5. The van der Waals surface area contributed by atoms with Crippen LogP contribution in [0.5, 0.6) is 0 Å². The fraction of sp³-hybridized carbons (Fsp3) is 0.500. The van der Waals surface area contributed by atoms with Gasteiger partial charge in [0.15, 0.2) is 5.82 Å². The first-order valence-corrected chi connectivity index (χ1v) is 6.82. The third-order valence-corrected chi connectivity index (χ3v) is 4.56. The van der Waals surface area contributed by atoms with Crippen LogP contribution in [0.15, 0.2) is 23.2 Å². The van der Waals surface area contributed by atoms with Gasteiger partial charge in [-0.2, -0.15) is 4.31 Å². The highest BCUT2D eigenvalue weighted by Gasteiger charge is 2.28. The summed E-state index contributed by atoms with van der Waals surface area (Å²) in [5, 5.41) is 0. The SMILES string of the molecule is CCN(C(C)C)S(=O)(=O)c1cccnc1NN. The fourth-order valence-electron chi connectivity index (χ4n) is 1.65. The van der Waals surface area contributed by atoms with Crippen molar-refractivity contribution in [1.82, 2.24) is 9.29 Å². The maximum absolute atomic E-state index is 12.4. The first kappa shape index (κ1) is 13.9. The van der Waals surface area contributed by atoms with Gasteiger partial charge in [-0.1, -0.05) is 6.92 Å². The molecule has 3 N–H and O–H groups in total. The topological polar surface area (TPSA) is 88.3 Å². The molecule has 1 aromatic rings. The van der Waals surface area contributed by atoms with E-state index < -0.39 is 10.0 Å². The molecule has 0 aliphatic heterocycles. The number of nitrogen functional groups attached to an aromatic ring is 1. The summed E-state index contributed by atoms with van der Waals surface area (Å²) in [5.41, 5.74) is 2.30. The highest BCUT2D eigenvalue weighted by atomic mass is 32.2. The van der Waals surface area contributed by atoms with Gasteiger partial charge in [0.2, 0.25) is 10.0 Å². The molecule has 0 aromatic carbocycles. The van der Waals surface area contributed by atoms with E-state index in [0.717, 1.165) is 0 Å². The molecule has 0 fully saturated rings. The van der Waals surface area contributed by atoms with Gasteiger partial charge in [0.1, 0.15) is 4.90 Å². The Morgan fingerprint density at radius 1 is 1.53 bits per heavy atom. The highest BCUT2D eigenvalue weighted by molar-refractivity contribution is 7.89. The normalized spacial score (nSPS) is 12.1. The van der Waals surface area contributed by atoms with Crippen molar-refractivity contribution in [3.05, 3.63) is 18.3 Å². The average Bonchev–Trinajstić information content (AvgIpc) is 2.29. The van der Waals surface area contributed by atoms with E-state index in [1.54, 1.807) is 13.0 Å². The van der Waals surface area contributed by atoms with E-state index in [1.807, 2.05) is 13.8 Å². The van der Waals surface area contributed by atoms with Crippen LogP contribution in [0.1, 0.15) is 20.8 Å². The maximum atomic E-state index is 12.4. The van der Waals surface area contributed by atoms with E-state index in [0.29, 0.717) is 6.54 Å². The van der Waals surface area contributed by atoms with E-state index >= 15 is 0 Å². The number of nitrogens with one attached hydrogen (secondary N) is 1. The minimum atomic E-state index is -3.56. The first-order chi connectivity index (χ1) is 7.95. The molecule has 1 rings (SSSR count). The number of pyridine rings is 1. The summed E-state index contributed by atoms with van der Waals surface area (Å²) in [7, 11) is -3.56. The maximum Gasteiger partial charge on any atom is 0.247 e. The second-order valence-corrected chi connectivity index (χ2v) is 5.66. The van der Waals surface area contributed by atoms with E-state index in [-0.39, 0.29) is 16.8 Å². The molecule has 17 heavy (non-hydrogen) atoms. The van der Waals surface area contributed by atoms with Gasteiger partial charge in [-0.3, -0.25) is 0 Å². The van der Waals surface area contributed by atoms with Crippen LogP contribution in [0.3, 0.4) is 0 Å². The minimum Gasteiger partial charge on any atom is -0.307 e. The summed E-state index contributed by atoms with van der Waals surface area (Å²) >= 11 is 0. The van der Waals surface area contributed by atoms with Gasteiger partial charge in [0.25, 0.3) is 0 Å². The predicted molar refractivity (Wildman–Crippen MR) is 66.7 cm³/mol. The molecule has 96 valence electrons. The standard InChI is InChI=1S/C10H18N4O2S/c1-4-14(8(2)3)17(15,16)9-6-5-7-12-10(9)13-11/h5-8H,4,11H2,1-3H3,(H,12,13). The lowest BCUT2D eigenvalue weighted by atomic mass is 10.4. The van der Waals surface area contributed by atoms with Gasteiger partial charge in [-0.15, -0.1) is 0 Å². The van der Waals surface area contributed by atoms with Crippen molar-refractivity contribution in [2.24, 2.45) is 5.84 Å². The van der Waals surface area contributed by atoms with Crippen LogP contribution in [0.2, 0.25) is 0 Å². The zero-order valence-corrected chi connectivity index (χ0v) is 11.0. The molecule has 0 aliphatic rings. The molecule has 1 heterocycles. The van der Waals surface area contributed by atoms with Crippen molar-refractivity contribution >= 4 is 15.8 Å². The Bertz CT molecular complexity index is 473. The second-order valence-electron chi connectivity index (χ2n) is 3.80.